The number of aromatic nitrogens is 2. The molecule has 1 saturated heterocycles. The van der Waals surface area contributed by atoms with Crippen LogP contribution in [0.3, 0.4) is 0 Å². The predicted molar refractivity (Wildman–Crippen MR) is 97.6 cm³/mol. The van der Waals surface area contributed by atoms with E-state index < -0.39 is 16.3 Å². The number of benzene rings is 1. The summed E-state index contributed by atoms with van der Waals surface area (Å²) in [7, 11) is -3.54. The Morgan fingerprint density at radius 3 is 2.56 bits per heavy atom. The lowest BCUT2D eigenvalue weighted by molar-refractivity contribution is 0.399. The van der Waals surface area contributed by atoms with Crippen LogP contribution in [-0.2, 0) is 16.8 Å². The highest BCUT2D eigenvalue weighted by atomic mass is 32.2. The Hall–Kier alpha value is -1.77. The molecule has 1 aromatic carbocycles. The van der Waals surface area contributed by atoms with Crippen molar-refractivity contribution in [3.05, 3.63) is 40.8 Å². The molecular formula is C17H24N4O3S. The predicted octanol–water partition coefficient (Wildman–Crippen LogP) is 1.50. The molecule has 0 saturated carbocycles. The summed E-state index contributed by atoms with van der Waals surface area (Å²) in [5.41, 5.74) is -0.209. The maximum absolute atomic E-state index is 12.5. The summed E-state index contributed by atoms with van der Waals surface area (Å²) in [5.74, 6) is 0. The highest BCUT2D eigenvalue weighted by Crippen LogP contribution is 2.13. The average molecular weight is 364 g/mol. The first-order valence-corrected chi connectivity index (χ1v) is 10.1. The van der Waals surface area contributed by atoms with Gasteiger partial charge in [0.2, 0.25) is 0 Å². The molecule has 7 nitrogen and oxygen atoms in total. The van der Waals surface area contributed by atoms with E-state index in [4.69, 9.17) is 0 Å². The van der Waals surface area contributed by atoms with E-state index in [-0.39, 0.29) is 12.1 Å². The molecule has 0 bridgehead atoms. The molecule has 0 spiro atoms. The van der Waals surface area contributed by atoms with Crippen LogP contribution in [0.25, 0.3) is 10.8 Å². The lowest BCUT2D eigenvalue weighted by atomic mass is 10.2. The normalized spacial score (nSPS) is 18.1. The lowest BCUT2D eigenvalue weighted by Crippen LogP contribution is -2.47. The van der Waals surface area contributed by atoms with E-state index in [1.165, 1.54) is 8.99 Å². The van der Waals surface area contributed by atoms with Crippen molar-refractivity contribution in [3.8, 4) is 0 Å². The van der Waals surface area contributed by atoms with Crippen molar-refractivity contribution in [2.75, 3.05) is 13.1 Å². The van der Waals surface area contributed by atoms with E-state index in [2.05, 4.69) is 9.82 Å². The van der Waals surface area contributed by atoms with Crippen LogP contribution in [0.4, 0.5) is 0 Å². The van der Waals surface area contributed by atoms with E-state index in [1.807, 2.05) is 12.1 Å². The molecule has 136 valence electrons. The van der Waals surface area contributed by atoms with Gasteiger partial charge in [-0.15, -0.1) is 0 Å². The van der Waals surface area contributed by atoms with Crippen molar-refractivity contribution in [1.82, 2.24) is 18.8 Å². The molecule has 1 N–H and O–H groups in total. The maximum atomic E-state index is 12.5. The first-order valence-electron chi connectivity index (χ1n) is 8.69. The van der Waals surface area contributed by atoms with E-state index >= 15 is 0 Å². The molecule has 1 aliphatic rings. The number of rotatable bonds is 5. The number of nitrogens with zero attached hydrogens (tertiary/aromatic N) is 3. The van der Waals surface area contributed by atoms with Crippen LogP contribution in [0, 0.1) is 0 Å². The maximum Gasteiger partial charge on any atom is 0.279 e. The largest absolute Gasteiger partial charge is 0.279 e. The zero-order valence-corrected chi connectivity index (χ0v) is 15.2. The van der Waals surface area contributed by atoms with Gasteiger partial charge < -0.3 is 0 Å². The Balaban J connectivity index is 1.73. The second kappa shape index (κ2) is 7.63. The van der Waals surface area contributed by atoms with E-state index in [1.54, 1.807) is 25.3 Å². The van der Waals surface area contributed by atoms with Gasteiger partial charge in [-0.2, -0.15) is 22.5 Å². The molecule has 1 unspecified atom stereocenters. The van der Waals surface area contributed by atoms with Crippen LogP contribution in [0.2, 0.25) is 0 Å². The highest BCUT2D eigenvalue weighted by Gasteiger charge is 2.24. The lowest BCUT2D eigenvalue weighted by Gasteiger charge is -2.23. The summed E-state index contributed by atoms with van der Waals surface area (Å²) < 4.78 is 30.6. The third kappa shape index (κ3) is 4.26. The van der Waals surface area contributed by atoms with Gasteiger partial charge in [0.1, 0.15) is 0 Å². The first-order chi connectivity index (χ1) is 12.0. The van der Waals surface area contributed by atoms with Crippen molar-refractivity contribution in [3.63, 3.8) is 0 Å². The smallest absolute Gasteiger partial charge is 0.267 e. The Labute approximate surface area is 147 Å². The molecule has 0 aliphatic carbocycles. The highest BCUT2D eigenvalue weighted by molar-refractivity contribution is 7.87. The minimum absolute atomic E-state index is 0.191. The molecule has 2 aromatic rings. The Bertz CT molecular complexity index is 886. The molecule has 2 heterocycles. The zero-order chi connectivity index (χ0) is 17.9. The number of hydrogen-bond acceptors (Lipinski definition) is 4. The third-order valence-electron chi connectivity index (χ3n) is 4.46. The summed E-state index contributed by atoms with van der Waals surface area (Å²) in [4.78, 5) is 12.5. The summed E-state index contributed by atoms with van der Waals surface area (Å²) in [6.07, 6.45) is 5.55. The molecule has 1 atom stereocenters. The standard InChI is InChI=1S/C17H24N4O3S/c1-14(19-25(23,24)20-10-6-2-3-7-11-20)13-21-17(22)16-9-5-4-8-15(16)12-18-21/h4-5,8-9,12,14,19H,2-3,6-7,10-11,13H2,1H3. The fourth-order valence-corrected chi connectivity index (χ4v) is 4.64. The van der Waals surface area contributed by atoms with Crippen molar-refractivity contribution in [2.45, 2.75) is 45.2 Å². The molecule has 0 radical (unpaired) electrons. The fraction of sp³-hybridized carbons (Fsp3) is 0.529. The molecule has 1 aliphatic heterocycles. The minimum atomic E-state index is -3.54. The number of fused-ring (bicyclic) bond motifs is 1. The number of hydrogen-bond donors (Lipinski definition) is 1. The second-order valence-corrected chi connectivity index (χ2v) is 8.26. The molecular weight excluding hydrogens is 340 g/mol. The van der Waals surface area contributed by atoms with Gasteiger partial charge in [-0.1, -0.05) is 31.0 Å². The SMILES string of the molecule is CC(Cn1ncc2ccccc2c1=O)NS(=O)(=O)N1CCCCCC1. The average Bonchev–Trinajstić information content (AvgIpc) is 2.87. The van der Waals surface area contributed by atoms with Crippen LogP contribution in [0.15, 0.2) is 35.3 Å². The van der Waals surface area contributed by atoms with Gasteiger partial charge in [-0.3, -0.25) is 4.79 Å². The molecule has 0 amide bonds. The summed E-state index contributed by atoms with van der Waals surface area (Å²) in [6, 6.07) is 6.81. The van der Waals surface area contributed by atoms with Crippen LogP contribution >= 0.6 is 0 Å². The Morgan fingerprint density at radius 1 is 1.16 bits per heavy atom. The van der Waals surface area contributed by atoms with Gasteiger partial charge >= 0.3 is 0 Å². The van der Waals surface area contributed by atoms with E-state index in [0.29, 0.717) is 18.5 Å². The van der Waals surface area contributed by atoms with E-state index in [9.17, 15) is 13.2 Å². The Kier molecular flexibility index (Phi) is 5.51. The van der Waals surface area contributed by atoms with Gasteiger partial charge in [0.25, 0.3) is 15.8 Å². The van der Waals surface area contributed by atoms with E-state index in [0.717, 1.165) is 31.1 Å². The zero-order valence-electron chi connectivity index (χ0n) is 14.4. The van der Waals surface area contributed by atoms with Crippen LogP contribution in [0.5, 0.6) is 0 Å². The van der Waals surface area contributed by atoms with Crippen LogP contribution < -0.4 is 10.3 Å². The number of nitrogens with one attached hydrogen (secondary N) is 1. The second-order valence-electron chi connectivity index (χ2n) is 6.56. The van der Waals surface area contributed by atoms with Crippen LogP contribution in [0.1, 0.15) is 32.6 Å². The van der Waals surface area contributed by atoms with Crippen molar-refractivity contribution in [1.29, 1.82) is 0 Å². The topological polar surface area (TPSA) is 84.3 Å². The van der Waals surface area contributed by atoms with Crippen molar-refractivity contribution >= 4 is 21.0 Å². The minimum Gasteiger partial charge on any atom is -0.267 e. The van der Waals surface area contributed by atoms with Gasteiger partial charge in [0.05, 0.1) is 18.1 Å². The molecule has 3 rings (SSSR count). The van der Waals surface area contributed by atoms with Crippen molar-refractivity contribution < 1.29 is 8.42 Å². The van der Waals surface area contributed by atoms with Gasteiger partial charge in [0, 0.05) is 24.5 Å². The first kappa shape index (κ1) is 18.0. The summed E-state index contributed by atoms with van der Waals surface area (Å²) in [6.45, 7) is 3.04. The van der Waals surface area contributed by atoms with Gasteiger partial charge in [-0.05, 0) is 25.8 Å². The molecule has 8 heteroatoms. The quantitative estimate of drug-likeness (QED) is 0.871. The molecule has 1 aromatic heterocycles. The third-order valence-corrected chi connectivity index (χ3v) is 6.21. The van der Waals surface area contributed by atoms with Crippen molar-refractivity contribution in [2.24, 2.45) is 0 Å². The molecule has 25 heavy (non-hydrogen) atoms. The fourth-order valence-electron chi connectivity index (χ4n) is 3.17. The molecule has 1 fully saturated rings. The summed E-state index contributed by atoms with van der Waals surface area (Å²) >= 11 is 0. The van der Waals surface area contributed by atoms with Crippen LogP contribution in [-0.4, -0.2) is 41.6 Å². The summed E-state index contributed by atoms with van der Waals surface area (Å²) in [5, 5.41) is 5.52. The monoisotopic (exact) mass is 364 g/mol. The Morgan fingerprint density at radius 2 is 1.84 bits per heavy atom. The van der Waals surface area contributed by atoms with Gasteiger partial charge in [-0.25, -0.2) is 4.68 Å². The van der Waals surface area contributed by atoms with Gasteiger partial charge in [0.15, 0.2) is 0 Å².